The van der Waals surface area contributed by atoms with Gasteiger partial charge in [-0.25, -0.2) is 0 Å². The van der Waals surface area contributed by atoms with Crippen molar-refractivity contribution in [3.05, 3.63) is 130 Å². The second kappa shape index (κ2) is 9.61. The summed E-state index contributed by atoms with van der Waals surface area (Å²) in [5.41, 5.74) is 9.07. The number of nitriles is 2. The fourth-order valence-corrected chi connectivity index (χ4v) is 5.00. The number of hydrogen-bond donors (Lipinski definition) is 0. The molecule has 0 bridgehead atoms. The summed E-state index contributed by atoms with van der Waals surface area (Å²) in [7, 11) is 0. The van der Waals surface area contributed by atoms with Crippen LogP contribution >= 0.6 is 23.2 Å². The Morgan fingerprint density at radius 3 is 1.13 bits per heavy atom. The van der Waals surface area contributed by atoms with Crippen LogP contribution in [0.25, 0.3) is 44.9 Å². The highest BCUT2D eigenvalue weighted by Gasteiger charge is 2.21. The van der Waals surface area contributed by atoms with E-state index in [1.165, 1.54) is 0 Å². The molecule has 0 aliphatic rings. The molecule has 0 aliphatic carbocycles. The minimum Gasteiger partial charge on any atom is -0.308 e. The van der Waals surface area contributed by atoms with E-state index < -0.39 is 0 Å². The summed E-state index contributed by atoms with van der Waals surface area (Å²) in [6, 6.07) is 39.4. The maximum atomic E-state index is 9.29. The number of fused-ring (bicyclic) bond motifs is 1. The second-order valence-corrected chi connectivity index (χ2v) is 9.70. The van der Waals surface area contributed by atoms with Crippen LogP contribution in [0.3, 0.4) is 0 Å². The Morgan fingerprint density at radius 2 is 0.816 bits per heavy atom. The monoisotopic (exact) mass is 528 g/mol. The Balaban J connectivity index is 1.68. The summed E-state index contributed by atoms with van der Waals surface area (Å²) in [4.78, 5) is 0. The molecule has 6 rings (SSSR count). The van der Waals surface area contributed by atoms with Crippen molar-refractivity contribution in [1.29, 1.82) is 10.5 Å². The van der Waals surface area contributed by atoms with Crippen LogP contribution in [0, 0.1) is 22.7 Å². The van der Waals surface area contributed by atoms with Gasteiger partial charge < -0.3 is 9.13 Å². The van der Waals surface area contributed by atoms with Gasteiger partial charge in [0.2, 0.25) is 0 Å². The Morgan fingerprint density at radius 1 is 0.474 bits per heavy atom. The quantitative estimate of drug-likeness (QED) is 0.229. The molecule has 6 heteroatoms. The van der Waals surface area contributed by atoms with Crippen LogP contribution in [-0.4, -0.2) is 9.13 Å². The Labute approximate surface area is 229 Å². The van der Waals surface area contributed by atoms with E-state index in [1.54, 1.807) is 0 Å². The van der Waals surface area contributed by atoms with Crippen molar-refractivity contribution in [3.8, 4) is 46.0 Å². The van der Waals surface area contributed by atoms with Crippen LogP contribution in [0.2, 0.25) is 10.0 Å². The Hall–Kier alpha value is -4.74. The average Bonchev–Trinajstić information content (AvgIpc) is 3.51. The van der Waals surface area contributed by atoms with E-state index in [0.29, 0.717) is 21.2 Å². The van der Waals surface area contributed by atoms with Gasteiger partial charge in [-0.2, -0.15) is 10.5 Å². The first-order valence-electron chi connectivity index (χ1n) is 11.9. The molecule has 0 N–H and O–H groups in total. The molecule has 38 heavy (non-hydrogen) atoms. The van der Waals surface area contributed by atoms with Crippen LogP contribution in [-0.2, 0) is 0 Å². The van der Waals surface area contributed by atoms with E-state index in [2.05, 4.69) is 33.4 Å². The fraction of sp³-hybridized carbons (Fsp3) is 0. The molecule has 4 nitrogen and oxygen atoms in total. The molecule has 0 saturated heterocycles. The van der Waals surface area contributed by atoms with Gasteiger partial charge in [0.05, 0.1) is 45.7 Å². The molecule has 0 saturated carbocycles. The number of benzene rings is 4. The van der Waals surface area contributed by atoms with E-state index >= 15 is 0 Å². The van der Waals surface area contributed by atoms with E-state index in [-0.39, 0.29) is 0 Å². The number of nitrogens with zero attached hydrogens (tertiary/aromatic N) is 4. The Bertz CT molecular complexity index is 1720. The van der Waals surface area contributed by atoms with Gasteiger partial charge in [-0.05, 0) is 96.1 Å². The van der Waals surface area contributed by atoms with Crippen LogP contribution in [0.15, 0.2) is 109 Å². The third-order valence-electron chi connectivity index (χ3n) is 6.56. The first-order chi connectivity index (χ1) is 18.6. The number of hydrogen-bond acceptors (Lipinski definition) is 2. The molecule has 0 fully saturated rings. The van der Waals surface area contributed by atoms with Gasteiger partial charge in [-0.15, -0.1) is 0 Å². The van der Waals surface area contributed by atoms with Crippen molar-refractivity contribution in [2.24, 2.45) is 0 Å². The van der Waals surface area contributed by atoms with Crippen LogP contribution in [0.5, 0.6) is 0 Å². The predicted octanol–water partition coefficient (Wildman–Crippen LogP) is 8.81. The van der Waals surface area contributed by atoms with Crippen LogP contribution in [0.4, 0.5) is 0 Å². The lowest BCUT2D eigenvalue weighted by molar-refractivity contribution is 1.13. The predicted molar refractivity (Wildman–Crippen MR) is 153 cm³/mol. The zero-order valence-corrected chi connectivity index (χ0v) is 21.4. The lowest BCUT2D eigenvalue weighted by atomic mass is 10.1. The van der Waals surface area contributed by atoms with Gasteiger partial charge in [0.25, 0.3) is 0 Å². The van der Waals surface area contributed by atoms with E-state index in [9.17, 15) is 10.5 Å². The van der Waals surface area contributed by atoms with Crippen molar-refractivity contribution in [2.75, 3.05) is 0 Å². The number of aromatic nitrogens is 2. The number of halogens is 2. The summed E-state index contributed by atoms with van der Waals surface area (Å²) >= 11 is 12.5. The lowest BCUT2D eigenvalue weighted by Gasteiger charge is -2.12. The SMILES string of the molecule is N#Cc1ccc(-c2cc3c(cc(-c4ccc(C#N)cc4)n3-c3ccc(Cl)cc3)n2-c2ccc(Cl)cc2)cc1. The first-order valence-corrected chi connectivity index (χ1v) is 12.6. The number of rotatable bonds is 4. The zero-order chi connectivity index (χ0) is 26.2. The lowest BCUT2D eigenvalue weighted by Crippen LogP contribution is -1.97. The van der Waals surface area contributed by atoms with Crippen LogP contribution < -0.4 is 0 Å². The third-order valence-corrected chi connectivity index (χ3v) is 7.07. The van der Waals surface area contributed by atoms with E-state index in [1.807, 2.05) is 97.1 Å². The smallest absolute Gasteiger partial charge is 0.0991 e. The molecular weight excluding hydrogens is 511 g/mol. The summed E-state index contributed by atoms with van der Waals surface area (Å²) < 4.78 is 4.40. The minimum absolute atomic E-state index is 0.608. The van der Waals surface area contributed by atoms with E-state index in [0.717, 1.165) is 44.9 Å². The topological polar surface area (TPSA) is 57.4 Å². The standard InChI is InChI=1S/C32H18Cl2N4/c33-25-9-13-27(14-10-25)37-29(23-5-1-21(19-35)2-6-23)17-31-32(37)18-30(24-7-3-22(20-36)4-8-24)38(31)28-15-11-26(34)12-16-28/h1-18H. The third kappa shape index (κ3) is 4.13. The zero-order valence-electron chi connectivity index (χ0n) is 19.9. The van der Waals surface area contributed by atoms with Crippen molar-refractivity contribution in [3.63, 3.8) is 0 Å². The molecule has 0 unspecified atom stereocenters. The summed E-state index contributed by atoms with van der Waals surface area (Å²) in [6.45, 7) is 0. The van der Waals surface area contributed by atoms with Crippen molar-refractivity contribution >= 4 is 34.2 Å². The maximum Gasteiger partial charge on any atom is 0.0991 e. The second-order valence-electron chi connectivity index (χ2n) is 8.83. The molecule has 6 aromatic rings. The highest BCUT2D eigenvalue weighted by Crippen LogP contribution is 2.39. The maximum absolute atomic E-state index is 9.29. The first kappa shape index (κ1) is 23.6. The molecular formula is C32H18Cl2N4. The molecule has 180 valence electrons. The molecule has 2 aromatic heterocycles. The fourth-order valence-electron chi connectivity index (χ4n) is 4.75. The summed E-state index contributed by atoms with van der Waals surface area (Å²) in [5.74, 6) is 0. The summed E-state index contributed by atoms with van der Waals surface area (Å²) in [5, 5.41) is 19.9. The normalized spacial score (nSPS) is 10.8. The van der Waals surface area contributed by atoms with Gasteiger partial charge in [-0.3, -0.25) is 0 Å². The van der Waals surface area contributed by atoms with Crippen molar-refractivity contribution in [2.45, 2.75) is 0 Å². The molecule has 4 aromatic carbocycles. The minimum atomic E-state index is 0.608. The van der Waals surface area contributed by atoms with Gasteiger partial charge in [0.1, 0.15) is 0 Å². The average molecular weight is 529 g/mol. The largest absolute Gasteiger partial charge is 0.308 e. The molecule has 0 radical (unpaired) electrons. The molecule has 0 spiro atoms. The molecule has 0 atom stereocenters. The van der Waals surface area contributed by atoms with Crippen molar-refractivity contribution in [1.82, 2.24) is 9.13 Å². The Kier molecular flexibility index (Phi) is 5.98. The van der Waals surface area contributed by atoms with Gasteiger partial charge in [0.15, 0.2) is 0 Å². The van der Waals surface area contributed by atoms with Gasteiger partial charge in [-0.1, -0.05) is 47.5 Å². The van der Waals surface area contributed by atoms with E-state index in [4.69, 9.17) is 23.2 Å². The van der Waals surface area contributed by atoms with Crippen molar-refractivity contribution < 1.29 is 0 Å². The van der Waals surface area contributed by atoms with Gasteiger partial charge >= 0.3 is 0 Å². The molecule has 0 amide bonds. The molecule has 0 aliphatic heterocycles. The highest BCUT2D eigenvalue weighted by molar-refractivity contribution is 6.30. The highest BCUT2D eigenvalue weighted by atomic mass is 35.5. The summed E-state index contributed by atoms with van der Waals surface area (Å²) in [6.07, 6.45) is 0. The van der Waals surface area contributed by atoms with Crippen LogP contribution in [0.1, 0.15) is 11.1 Å². The molecule has 2 heterocycles. The van der Waals surface area contributed by atoms with Gasteiger partial charge in [0, 0.05) is 21.4 Å².